The van der Waals surface area contributed by atoms with E-state index in [1.807, 2.05) is 6.07 Å². The van der Waals surface area contributed by atoms with Gasteiger partial charge in [-0.15, -0.1) is 0 Å². The summed E-state index contributed by atoms with van der Waals surface area (Å²) >= 11 is 6.28. The number of likely N-dealkylation sites (tertiary alicyclic amines) is 1. The molecule has 2 aromatic carbocycles. The van der Waals surface area contributed by atoms with Crippen molar-refractivity contribution in [2.24, 2.45) is 5.92 Å². The molecule has 1 saturated carbocycles. The molecule has 3 aromatic rings. The van der Waals surface area contributed by atoms with Gasteiger partial charge in [0, 0.05) is 49.2 Å². The van der Waals surface area contributed by atoms with Crippen LogP contribution in [0.2, 0.25) is 5.02 Å². The second-order valence-electron chi connectivity index (χ2n) is 11.7. The van der Waals surface area contributed by atoms with Crippen LogP contribution in [-0.2, 0) is 17.8 Å². The van der Waals surface area contributed by atoms with Crippen LogP contribution in [0.5, 0.6) is 11.6 Å². The third-order valence-electron chi connectivity index (χ3n) is 8.62. The SMILES string of the molecule is N#CCCc1ccc(Oc2ncn(CC3(O)CCN(C(=O)[C@@H]4CCC(F)(F)C[C@H]4c4ccccc4)CC3)c(=O)c2N)cc1Cl. The van der Waals surface area contributed by atoms with Gasteiger partial charge in [0.1, 0.15) is 12.1 Å². The van der Waals surface area contributed by atoms with Crippen LogP contribution in [0.4, 0.5) is 14.5 Å². The molecule has 2 atom stereocenters. The minimum Gasteiger partial charge on any atom is -0.437 e. The van der Waals surface area contributed by atoms with E-state index >= 15 is 0 Å². The molecule has 0 unspecified atom stereocenters. The molecule has 0 bridgehead atoms. The molecule has 1 saturated heterocycles. The first kappa shape index (κ1) is 31.4. The van der Waals surface area contributed by atoms with Crippen LogP contribution < -0.4 is 16.0 Å². The lowest BCUT2D eigenvalue weighted by molar-refractivity contribution is -0.145. The Kier molecular flexibility index (Phi) is 9.23. The zero-order chi connectivity index (χ0) is 31.5. The molecule has 9 nitrogen and oxygen atoms in total. The topological polar surface area (TPSA) is 134 Å². The summed E-state index contributed by atoms with van der Waals surface area (Å²) in [7, 11) is 0. The summed E-state index contributed by atoms with van der Waals surface area (Å²) < 4.78 is 35.7. The van der Waals surface area contributed by atoms with E-state index in [1.165, 1.54) is 10.9 Å². The molecule has 232 valence electrons. The maximum absolute atomic E-state index is 14.4. The number of hydrogen-bond acceptors (Lipinski definition) is 7. The van der Waals surface area contributed by atoms with E-state index in [1.54, 1.807) is 47.4 Å². The van der Waals surface area contributed by atoms with E-state index < -0.39 is 28.9 Å². The third kappa shape index (κ3) is 7.03. The van der Waals surface area contributed by atoms with Crippen LogP contribution >= 0.6 is 11.6 Å². The summed E-state index contributed by atoms with van der Waals surface area (Å²) in [6, 6.07) is 16.0. The number of anilines is 1. The predicted molar refractivity (Wildman–Crippen MR) is 161 cm³/mol. The molecule has 0 radical (unpaired) electrons. The van der Waals surface area contributed by atoms with Gasteiger partial charge >= 0.3 is 0 Å². The maximum atomic E-state index is 14.4. The van der Waals surface area contributed by atoms with Crippen molar-refractivity contribution in [2.75, 3.05) is 18.8 Å². The average Bonchev–Trinajstić information content (AvgIpc) is 3.00. The molecule has 0 spiro atoms. The second-order valence-corrected chi connectivity index (χ2v) is 12.1. The van der Waals surface area contributed by atoms with Crippen molar-refractivity contribution >= 4 is 23.2 Å². The quantitative estimate of drug-likeness (QED) is 0.347. The Balaban J connectivity index is 1.22. The molecule has 3 N–H and O–H groups in total. The van der Waals surface area contributed by atoms with Gasteiger partial charge in [0.05, 0.1) is 18.2 Å². The van der Waals surface area contributed by atoms with Gasteiger partial charge in [-0.3, -0.25) is 14.2 Å². The summed E-state index contributed by atoms with van der Waals surface area (Å²) in [6.45, 7) is 0.370. The Labute approximate surface area is 258 Å². The molecule has 5 rings (SSSR count). The number of aryl methyl sites for hydroxylation is 1. The Morgan fingerprint density at radius 1 is 1.18 bits per heavy atom. The number of amides is 1. The maximum Gasteiger partial charge on any atom is 0.280 e. The fraction of sp³-hybridized carbons (Fsp3) is 0.438. The number of carbonyl (C=O) groups excluding carboxylic acids is 1. The number of rotatable bonds is 8. The highest BCUT2D eigenvalue weighted by Gasteiger charge is 2.46. The number of hydrogen-bond donors (Lipinski definition) is 2. The van der Waals surface area contributed by atoms with Crippen molar-refractivity contribution in [1.82, 2.24) is 14.5 Å². The van der Waals surface area contributed by atoms with Crippen LogP contribution in [-0.4, -0.2) is 50.1 Å². The van der Waals surface area contributed by atoms with Gasteiger partial charge < -0.3 is 20.5 Å². The van der Waals surface area contributed by atoms with E-state index in [0.29, 0.717) is 23.6 Å². The lowest BCUT2D eigenvalue weighted by Gasteiger charge is -2.42. The van der Waals surface area contributed by atoms with Gasteiger partial charge in [-0.1, -0.05) is 48.0 Å². The summed E-state index contributed by atoms with van der Waals surface area (Å²) in [6.07, 6.45) is 1.85. The van der Waals surface area contributed by atoms with Gasteiger partial charge in [-0.2, -0.15) is 5.26 Å². The van der Waals surface area contributed by atoms with Crippen LogP contribution in [0.1, 0.15) is 55.6 Å². The molecule has 1 aliphatic carbocycles. The average molecular weight is 626 g/mol. The second kappa shape index (κ2) is 12.9. The molecule has 1 aromatic heterocycles. The Bertz CT molecular complexity index is 1600. The van der Waals surface area contributed by atoms with E-state index in [2.05, 4.69) is 11.1 Å². The van der Waals surface area contributed by atoms with Crippen LogP contribution in [0.15, 0.2) is 59.7 Å². The number of nitrogens with zero attached hydrogens (tertiary/aromatic N) is 4. The Hall–Kier alpha value is -4.01. The minimum atomic E-state index is -2.82. The molecule has 12 heteroatoms. The van der Waals surface area contributed by atoms with Crippen molar-refractivity contribution in [2.45, 2.75) is 68.9 Å². The summed E-state index contributed by atoms with van der Waals surface area (Å²) in [5, 5.41) is 20.5. The number of aliphatic hydroxyl groups is 1. The monoisotopic (exact) mass is 625 g/mol. The first-order valence-electron chi connectivity index (χ1n) is 14.6. The normalized spacial score (nSPS) is 20.9. The molecule has 1 aliphatic heterocycles. The molecule has 1 amide bonds. The van der Waals surface area contributed by atoms with Crippen LogP contribution in [0.3, 0.4) is 0 Å². The zero-order valence-corrected chi connectivity index (χ0v) is 24.8. The minimum absolute atomic E-state index is 0.0902. The predicted octanol–water partition coefficient (Wildman–Crippen LogP) is 5.30. The number of benzene rings is 2. The number of ether oxygens (including phenoxy) is 1. The lowest BCUT2D eigenvalue weighted by atomic mass is 9.73. The van der Waals surface area contributed by atoms with Crippen LogP contribution in [0, 0.1) is 17.2 Å². The van der Waals surface area contributed by atoms with Crippen LogP contribution in [0.25, 0.3) is 0 Å². The van der Waals surface area contributed by atoms with Gasteiger partial charge in [0.2, 0.25) is 17.7 Å². The largest absolute Gasteiger partial charge is 0.437 e. The first-order chi connectivity index (χ1) is 21.0. The number of carbonyl (C=O) groups is 1. The molecule has 2 heterocycles. The fourth-order valence-corrected chi connectivity index (χ4v) is 6.38. The Morgan fingerprint density at radius 2 is 1.91 bits per heavy atom. The molecular weight excluding hydrogens is 592 g/mol. The van der Waals surface area contributed by atoms with Crippen molar-refractivity contribution in [3.63, 3.8) is 0 Å². The number of nitrogens with two attached hydrogens (primary N) is 1. The fourth-order valence-electron chi connectivity index (χ4n) is 6.11. The summed E-state index contributed by atoms with van der Waals surface area (Å²) in [5.74, 6) is -3.94. The highest BCUT2D eigenvalue weighted by molar-refractivity contribution is 6.31. The first-order valence-corrected chi connectivity index (χ1v) is 15.0. The molecule has 2 fully saturated rings. The lowest BCUT2D eigenvalue weighted by Crippen LogP contribution is -2.52. The van der Waals surface area contributed by atoms with Crippen molar-refractivity contribution in [3.8, 4) is 17.7 Å². The molecular formula is C32H34ClF2N5O4. The summed E-state index contributed by atoms with van der Waals surface area (Å²) in [5.41, 5.74) is 5.44. The zero-order valence-electron chi connectivity index (χ0n) is 24.1. The third-order valence-corrected chi connectivity index (χ3v) is 8.97. The Morgan fingerprint density at radius 3 is 2.59 bits per heavy atom. The number of piperidine rings is 1. The van der Waals surface area contributed by atoms with Gasteiger partial charge in [-0.25, -0.2) is 13.8 Å². The number of nitrogen functional groups attached to an aromatic ring is 1. The van der Waals surface area contributed by atoms with E-state index in [4.69, 9.17) is 27.3 Å². The summed E-state index contributed by atoms with van der Waals surface area (Å²) in [4.78, 5) is 32.5. The van der Waals surface area contributed by atoms with E-state index in [-0.39, 0.29) is 69.2 Å². The molecule has 44 heavy (non-hydrogen) atoms. The highest BCUT2D eigenvalue weighted by Crippen LogP contribution is 2.46. The number of nitriles is 1. The van der Waals surface area contributed by atoms with E-state index in [9.17, 15) is 23.5 Å². The molecule has 2 aliphatic rings. The van der Waals surface area contributed by atoms with E-state index in [0.717, 1.165) is 11.1 Å². The number of aromatic nitrogens is 2. The standard InChI is InChI=1S/C32H34ClF2N5O4/c33-26-17-23(9-8-22(26)7-4-14-36)44-28-27(37)30(42)40(20-38-28)19-31(43)12-15-39(16-13-31)29(41)24-10-11-32(34,35)18-25(24)21-5-2-1-3-6-21/h1-3,5-6,8-9,17,20,24-25,43H,4,7,10-13,15-16,18-19,37H2/t24-,25+/m1/s1. The number of alkyl halides is 2. The van der Waals surface area contributed by atoms with Gasteiger partial charge in [-0.05, 0) is 48.9 Å². The van der Waals surface area contributed by atoms with Gasteiger partial charge in [0.25, 0.3) is 5.56 Å². The smallest absolute Gasteiger partial charge is 0.280 e. The van der Waals surface area contributed by atoms with Crippen molar-refractivity contribution in [3.05, 3.63) is 81.4 Å². The van der Waals surface area contributed by atoms with Gasteiger partial charge in [0.15, 0.2) is 5.69 Å². The number of halogens is 3. The van der Waals surface area contributed by atoms with Crippen molar-refractivity contribution < 1.29 is 23.4 Å². The van der Waals surface area contributed by atoms with Crippen molar-refractivity contribution in [1.29, 1.82) is 5.26 Å². The highest BCUT2D eigenvalue weighted by atomic mass is 35.5.